The van der Waals surface area contributed by atoms with Gasteiger partial charge in [0.2, 0.25) is 0 Å². The van der Waals surface area contributed by atoms with Gasteiger partial charge in [0.25, 0.3) is 5.22 Å². The third kappa shape index (κ3) is 3.75. The second-order valence-electron chi connectivity index (χ2n) is 5.18. The second-order valence-corrected chi connectivity index (χ2v) is 6.43. The molecule has 1 aromatic heterocycles. The van der Waals surface area contributed by atoms with Crippen molar-refractivity contribution < 1.29 is 4.42 Å². The fourth-order valence-electron chi connectivity index (χ4n) is 2.42. The summed E-state index contributed by atoms with van der Waals surface area (Å²) in [4.78, 5) is 4.47. The van der Waals surface area contributed by atoms with Crippen LogP contribution in [-0.4, -0.2) is 22.8 Å². The molecule has 2 unspecified atom stereocenters. The maximum atomic E-state index is 5.66. The topological polar surface area (TPSA) is 38.1 Å². The van der Waals surface area contributed by atoms with Crippen LogP contribution in [0, 0.1) is 13.8 Å². The maximum absolute atomic E-state index is 5.66. The van der Waals surface area contributed by atoms with Gasteiger partial charge in [-0.25, -0.2) is 4.98 Å². The fraction of sp³-hybridized carbons (Fsp3) is 0.786. The standard InChI is InChI=1S/C14H24N2OS/c1-4-8-15-12-6-5-7-13(9-12)18-14-16-10(2)11(3)17-14/h12-13,15H,4-9H2,1-3H3. The average Bonchev–Trinajstić information content (AvgIpc) is 2.66. The summed E-state index contributed by atoms with van der Waals surface area (Å²) >= 11 is 1.82. The first kappa shape index (κ1) is 13.9. The molecule has 4 heteroatoms. The first-order valence-corrected chi connectivity index (χ1v) is 7.91. The van der Waals surface area contributed by atoms with Gasteiger partial charge in [-0.05, 0) is 46.1 Å². The molecular weight excluding hydrogens is 244 g/mol. The van der Waals surface area contributed by atoms with Crippen LogP contribution in [0.2, 0.25) is 0 Å². The van der Waals surface area contributed by atoms with Gasteiger partial charge < -0.3 is 9.73 Å². The Labute approximate surface area is 114 Å². The van der Waals surface area contributed by atoms with Crippen molar-refractivity contribution in [2.24, 2.45) is 0 Å². The van der Waals surface area contributed by atoms with E-state index in [0.29, 0.717) is 11.3 Å². The third-order valence-corrected chi connectivity index (χ3v) is 4.72. The summed E-state index contributed by atoms with van der Waals surface area (Å²) in [5.74, 6) is 0.953. The van der Waals surface area contributed by atoms with E-state index in [1.807, 2.05) is 25.6 Å². The first-order chi connectivity index (χ1) is 8.69. The van der Waals surface area contributed by atoms with Gasteiger partial charge in [-0.15, -0.1) is 0 Å². The van der Waals surface area contributed by atoms with Gasteiger partial charge >= 0.3 is 0 Å². The summed E-state index contributed by atoms with van der Waals surface area (Å²) < 4.78 is 5.66. The lowest BCUT2D eigenvalue weighted by Gasteiger charge is -2.28. The minimum Gasteiger partial charge on any atom is -0.437 e. The first-order valence-electron chi connectivity index (χ1n) is 7.03. The van der Waals surface area contributed by atoms with Crippen molar-refractivity contribution in [2.45, 2.75) is 69.4 Å². The van der Waals surface area contributed by atoms with Gasteiger partial charge in [0.15, 0.2) is 0 Å². The highest BCUT2D eigenvalue weighted by atomic mass is 32.2. The Morgan fingerprint density at radius 2 is 2.22 bits per heavy atom. The van der Waals surface area contributed by atoms with Crippen LogP contribution in [0.1, 0.15) is 50.5 Å². The maximum Gasteiger partial charge on any atom is 0.256 e. The van der Waals surface area contributed by atoms with Crippen LogP contribution in [0.25, 0.3) is 0 Å². The van der Waals surface area contributed by atoms with E-state index in [1.165, 1.54) is 32.1 Å². The zero-order valence-electron chi connectivity index (χ0n) is 11.7. The number of hydrogen-bond donors (Lipinski definition) is 1. The van der Waals surface area contributed by atoms with Crippen LogP contribution in [0.15, 0.2) is 9.64 Å². The van der Waals surface area contributed by atoms with E-state index in [2.05, 4.69) is 17.2 Å². The Kier molecular flexibility index (Phi) is 5.13. The molecule has 3 nitrogen and oxygen atoms in total. The molecule has 1 saturated carbocycles. The highest BCUT2D eigenvalue weighted by Gasteiger charge is 2.24. The van der Waals surface area contributed by atoms with E-state index in [9.17, 15) is 0 Å². The summed E-state index contributed by atoms with van der Waals surface area (Å²) in [5, 5.41) is 5.15. The van der Waals surface area contributed by atoms with E-state index < -0.39 is 0 Å². The molecule has 2 rings (SSSR count). The fourth-order valence-corrected chi connectivity index (χ4v) is 3.68. The molecule has 1 aliphatic carbocycles. The Hall–Kier alpha value is -0.480. The summed E-state index contributed by atoms with van der Waals surface area (Å²) in [6, 6.07) is 0.688. The molecule has 0 amide bonds. The van der Waals surface area contributed by atoms with Gasteiger partial charge in [0, 0.05) is 11.3 Å². The lowest BCUT2D eigenvalue weighted by atomic mass is 9.95. The molecule has 18 heavy (non-hydrogen) atoms. The molecule has 1 aromatic rings. The Balaban J connectivity index is 1.85. The number of nitrogens with zero attached hydrogens (tertiary/aromatic N) is 1. The van der Waals surface area contributed by atoms with E-state index in [1.54, 1.807) is 0 Å². The summed E-state index contributed by atoms with van der Waals surface area (Å²) in [7, 11) is 0. The van der Waals surface area contributed by atoms with Crippen molar-refractivity contribution in [2.75, 3.05) is 6.54 Å². The quantitative estimate of drug-likeness (QED) is 0.883. The monoisotopic (exact) mass is 268 g/mol. The molecule has 1 heterocycles. The van der Waals surface area contributed by atoms with Crippen LogP contribution in [-0.2, 0) is 0 Å². The van der Waals surface area contributed by atoms with Crippen molar-refractivity contribution >= 4 is 11.8 Å². The Bertz CT molecular complexity index is 358. The van der Waals surface area contributed by atoms with E-state index in [-0.39, 0.29) is 0 Å². The van der Waals surface area contributed by atoms with Crippen LogP contribution >= 0.6 is 11.8 Å². The molecule has 2 atom stereocenters. The van der Waals surface area contributed by atoms with Crippen molar-refractivity contribution in [1.82, 2.24) is 10.3 Å². The minimum absolute atomic E-state index is 0.658. The van der Waals surface area contributed by atoms with E-state index in [0.717, 1.165) is 23.2 Å². The molecule has 0 spiro atoms. The molecule has 0 aromatic carbocycles. The van der Waals surface area contributed by atoms with Gasteiger partial charge in [-0.2, -0.15) is 0 Å². The summed E-state index contributed by atoms with van der Waals surface area (Å²) in [6.45, 7) is 7.36. The number of hydrogen-bond acceptors (Lipinski definition) is 4. The smallest absolute Gasteiger partial charge is 0.256 e. The number of aromatic nitrogens is 1. The molecule has 1 N–H and O–H groups in total. The zero-order chi connectivity index (χ0) is 13.0. The van der Waals surface area contributed by atoms with Gasteiger partial charge in [0.1, 0.15) is 5.76 Å². The molecule has 0 saturated heterocycles. The predicted octanol–water partition coefficient (Wildman–Crippen LogP) is 3.69. The lowest BCUT2D eigenvalue weighted by Crippen LogP contribution is -2.35. The van der Waals surface area contributed by atoms with Crippen molar-refractivity contribution in [3.63, 3.8) is 0 Å². The number of rotatable bonds is 5. The molecule has 1 aliphatic rings. The lowest BCUT2D eigenvalue weighted by molar-refractivity contribution is 0.377. The van der Waals surface area contributed by atoms with Gasteiger partial charge in [-0.3, -0.25) is 0 Å². The SMILES string of the molecule is CCCNC1CCCC(Sc2nc(C)c(C)o2)C1. The molecule has 1 fully saturated rings. The van der Waals surface area contributed by atoms with Crippen LogP contribution < -0.4 is 5.32 Å². The van der Waals surface area contributed by atoms with Crippen molar-refractivity contribution in [3.05, 3.63) is 11.5 Å². The van der Waals surface area contributed by atoms with Crippen LogP contribution in [0.4, 0.5) is 0 Å². The Morgan fingerprint density at radius 3 is 2.89 bits per heavy atom. The van der Waals surface area contributed by atoms with Crippen molar-refractivity contribution in [1.29, 1.82) is 0 Å². The molecule has 102 valence electrons. The van der Waals surface area contributed by atoms with Gasteiger partial charge in [0.05, 0.1) is 5.69 Å². The molecular formula is C14H24N2OS. The van der Waals surface area contributed by atoms with E-state index >= 15 is 0 Å². The predicted molar refractivity (Wildman–Crippen MR) is 76.2 cm³/mol. The van der Waals surface area contributed by atoms with Crippen LogP contribution in [0.5, 0.6) is 0 Å². The number of thioether (sulfide) groups is 1. The molecule has 0 aliphatic heterocycles. The third-order valence-electron chi connectivity index (χ3n) is 3.59. The summed E-state index contributed by atoms with van der Waals surface area (Å²) in [6.07, 6.45) is 6.38. The second kappa shape index (κ2) is 6.62. The normalized spacial score (nSPS) is 24.4. The largest absolute Gasteiger partial charge is 0.437 e. The molecule has 0 radical (unpaired) electrons. The number of nitrogens with one attached hydrogen (secondary N) is 1. The zero-order valence-corrected chi connectivity index (χ0v) is 12.5. The number of aryl methyl sites for hydroxylation is 2. The molecule has 0 bridgehead atoms. The van der Waals surface area contributed by atoms with E-state index in [4.69, 9.17) is 4.42 Å². The average molecular weight is 268 g/mol. The minimum atomic E-state index is 0.658. The summed E-state index contributed by atoms with van der Waals surface area (Å²) in [5.41, 5.74) is 1.02. The van der Waals surface area contributed by atoms with Gasteiger partial charge in [-0.1, -0.05) is 25.1 Å². The van der Waals surface area contributed by atoms with Crippen molar-refractivity contribution in [3.8, 4) is 0 Å². The number of oxazole rings is 1. The highest BCUT2D eigenvalue weighted by Crippen LogP contribution is 2.34. The van der Waals surface area contributed by atoms with Crippen LogP contribution in [0.3, 0.4) is 0 Å². The highest BCUT2D eigenvalue weighted by molar-refractivity contribution is 7.99. The Morgan fingerprint density at radius 1 is 1.39 bits per heavy atom.